The number of hydrogen-bond donors (Lipinski definition) is 2. The molecule has 4 aromatic rings. The molecule has 0 unspecified atom stereocenters. The number of aromatic nitrogens is 1. The maximum absolute atomic E-state index is 12.4. The highest BCUT2D eigenvalue weighted by atomic mass is 35.5. The number of aryl methyl sites for hydroxylation is 2. The summed E-state index contributed by atoms with van der Waals surface area (Å²) in [5, 5.41) is 7.02. The van der Waals surface area contributed by atoms with Crippen LogP contribution in [0.3, 0.4) is 0 Å². The summed E-state index contributed by atoms with van der Waals surface area (Å²) < 4.78 is 6.71. The molecule has 4 rings (SSSR count). The van der Waals surface area contributed by atoms with Crippen LogP contribution in [0.5, 0.6) is 0 Å². The Bertz CT molecular complexity index is 1230. The number of nitrogens with zero attached hydrogens (tertiary/aromatic N) is 1. The van der Waals surface area contributed by atoms with Gasteiger partial charge in [0.1, 0.15) is 5.76 Å². The van der Waals surface area contributed by atoms with Gasteiger partial charge in [0.15, 0.2) is 16.0 Å². The Labute approximate surface area is 181 Å². The molecule has 0 aliphatic carbocycles. The first-order valence-electron chi connectivity index (χ1n) is 8.75. The summed E-state index contributed by atoms with van der Waals surface area (Å²) >= 11 is 12.6. The van der Waals surface area contributed by atoms with E-state index in [2.05, 4.69) is 27.8 Å². The zero-order chi connectivity index (χ0) is 20.5. The monoisotopic (exact) mass is 441 g/mol. The van der Waals surface area contributed by atoms with Crippen LogP contribution in [0.1, 0.15) is 21.7 Å². The van der Waals surface area contributed by atoms with Crippen LogP contribution in [0, 0.1) is 13.8 Å². The average Bonchev–Trinajstić information content (AvgIpc) is 3.29. The molecule has 0 radical (unpaired) electrons. The number of amides is 1. The van der Waals surface area contributed by atoms with Crippen molar-refractivity contribution in [1.82, 2.24) is 10.3 Å². The first-order valence-corrected chi connectivity index (χ1v) is 10.4. The number of thiocarbonyl (C=S) groups is 1. The van der Waals surface area contributed by atoms with Gasteiger partial charge in [0.05, 0.1) is 10.2 Å². The largest absolute Gasteiger partial charge is 0.451 e. The number of carbonyl (C=O) groups excluding carboxylic acids is 1. The van der Waals surface area contributed by atoms with E-state index in [1.54, 1.807) is 24.3 Å². The summed E-state index contributed by atoms with van der Waals surface area (Å²) in [6.07, 6.45) is 0. The lowest BCUT2D eigenvalue weighted by atomic mass is 10.1. The zero-order valence-electron chi connectivity index (χ0n) is 15.6. The summed E-state index contributed by atoms with van der Waals surface area (Å²) in [5.74, 6) is 0.299. The van der Waals surface area contributed by atoms with Crippen molar-refractivity contribution in [3.05, 3.63) is 70.4 Å². The van der Waals surface area contributed by atoms with E-state index in [1.807, 2.05) is 26.0 Å². The number of fused-ring (bicyclic) bond motifs is 1. The second-order valence-electron chi connectivity index (χ2n) is 6.53. The molecule has 0 aliphatic heterocycles. The van der Waals surface area contributed by atoms with Crippen LogP contribution in [-0.4, -0.2) is 16.0 Å². The van der Waals surface area contributed by atoms with Gasteiger partial charge in [-0.1, -0.05) is 29.0 Å². The van der Waals surface area contributed by atoms with Gasteiger partial charge in [0.25, 0.3) is 5.91 Å². The Morgan fingerprint density at radius 3 is 2.66 bits per heavy atom. The van der Waals surface area contributed by atoms with Gasteiger partial charge in [0, 0.05) is 10.6 Å². The number of furan rings is 1. The molecule has 0 aliphatic rings. The van der Waals surface area contributed by atoms with Crippen LogP contribution in [-0.2, 0) is 0 Å². The molecule has 0 atom stereocenters. The molecule has 29 heavy (non-hydrogen) atoms. The van der Waals surface area contributed by atoms with E-state index in [1.165, 1.54) is 16.9 Å². The van der Waals surface area contributed by atoms with E-state index < -0.39 is 5.91 Å². The average molecular weight is 442 g/mol. The van der Waals surface area contributed by atoms with Crippen molar-refractivity contribution in [3.8, 4) is 11.3 Å². The lowest BCUT2D eigenvalue weighted by molar-refractivity contribution is 0.0951. The molecule has 2 aromatic heterocycles. The minimum atomic E-state index is -0.434. The van der Waals surface area contributed by atoms with Crippen LogP contribution < -0.4 is 10.6 Å². The smallest absolute Gasteiger partial charge is 0.293 e. The van der Waals surface area contributed by atoms with Gasteiger partial charge < -0.3 is 9.73 Å². The summed E-state index contributed by atoms with van der Waals surface area (Å²) in [6.45, 7) is 4.07. The molecular weight excluding hydrogens is 426 g/mol. The predicted octanol–water partition coefficient (Wildman–Crippen LogP) is 5.95. The van der Waals surface area contributed by atoms with E-state index in [-0.39, 0.29) is 10.9 Å². The number of hydrogen-bond acceptors (Lipinski definition) is 5. The lowest BCUT2D eigenvalue weighted by Gasteiger charge is -2.05. The minimum absolute atomic E-state index is 0.160. The Kier molecular flexibility index (Phi) is 5.36. The Morgan fingerprint density at radius 2 is 1.90 bits per heavy atom. The molecule has 146 valence electrons. The Hall–Kier alpha value is -2.74. The number of carbonyl (C=O) groups is 1. The molecule has 0 saturated carbocycles. The van der Waals surface area contributed by atoms with Crippen molar-refractivity contribution in [2.24, 2.45) is 0 Å². The van der Waals surface area contributed by atoms with Gasteiger partial charge >= 0.3 is 0 Å². The maximum Gasteiger partial charge on any atom is 0.293 e. The van der Waals surface area contributed by atoms with Crippen LogP contribution in [0.2, 0.25) is 5.02 Å². The van der Waals surface area contributed by atoms with E-state index in [0.29, 0.717) is 15.9 Å². The van der Waals surface area contributed by atoms with E-state index >= 15 is 0 Å². The molecule has 1 amide bonds. The quantitative estimate of drug-likeness (QED) is 0.384. The highest BCUT2D eigenvalue weighted by Gasteiger charge is 2.15. The van der Waals surface area contributed by atoms with Gasteiger partial charge in [-0.05, 0) is 79.7 Å². The molecule has 5 nitrogen and oxygen atoms in total. The fourth-order valence-corrected chi connectivity index (χ4v) is 4.37. The predicted molar refractivity (Wildman–Crippen MR) is 122 cm³/mol. The first kappa shape index (κ1) is 19.6. The van der Waals surface area contributed by atoms with Crippen molar-refractivity contribution >= 4 is 61.5 Å². The van der Waals surface area contributed by atoms with Crippen molar-refractivity contribution in [3.63, 3.8) is 0 Å². The third kappa shape index (κ3) is 4.32. The van der Waals surface area contributed by atoms with Gasteiger partial charge in [0.2, 0.25) is 0 Å². The fraction of sp³-hybridized carbons (Fsp3) is 0.0952. The van der Waals surface area contributed by atoms with Gasteiger partial charge in [-0.2, -0.15) is 0 Å². The molecule has 0 saturated heterocycles. The molecule has 0 fully saturated rings. The van der Waals surface area contributed by atoms with Crippen molar-refractivity contribution in [1.29, 1.82) is 0 Å². The first-order chi connectivity index (χ1) is 13.9. The molecule has 2 aromatic carbocycles. The summed E-state index contributed by atoms with van der Waals surface area (Å²) in [7, 11) is 0. The fourth-order valence-electron chi connectivity index (χ4n) is 2.95. The zero-order valence-corrected chi connectivity index (χ0v) is 18.0. The van der Waals surface area contributed by atoms with Crippen molar-refractivity contribution in [2.45, 2.75) is 13.8 Å². The maximum atomic E-state index is 12.4. The highest BCUT2D eigenvalue weighted by molar-refractivity contribution is 7.80. The van der Waals surface area contributed by atoms with Crippen LogP contribution in [0.4, 0.5) is 5.13 Å². The Morgan fingerprint density at radius 1 is 1.14 bits per heavy atom. The van der Waals surface area contributed by atoms with E-state index in [9.17, 15) is 4.79 Å². The normalized spacial score (nSPS) is 10.9. The Balaban J connectivity index is 1.44. The van der Waals surface area contributed by atoms with E-state index in [0.717, 1.165) is 21.3 Å². The summed E-state index contributed by atoms with van der Waals surface area (Å²) in [5.41, 5.74) is 4.03. The topological polar surface area (TPSA) is 67.2 Å². The number of benzene rings is 2. The molecular formula is C21H16ClN3O2S2. The summed E-state index contributed by atoms with van der Waals surface area (Å²) in [4.78, 5) is 17.0. The lowest BCUT2D eigenvalue weighted by Crippen LogP contribution is -2.33. The molecule has 8 heteroatoms. The molecule has 0 bridgehead atoms. The second-order valence-corrected chi connectivity index (χ2v) is 8.40. The third-order valence-corrected chi connectivity index (χ3v) is 5.61. The number of rotatable bonds is 3. The van der Waals surface area contributed by atoms with E-state index in [4.69, 9.17) is 28.2 Å². The third-order valence-electron chi connectivity index (χ3n) is 4.24. The highest BCUT2D eigenvalue weighted by Crippen LogP contribution is 2.29. The SMILES string of the molecule is Cc1cc(C)c2nc(NC(=S)NC(=O)c3ccc(-c4ccc(Cl)cc4)o3)sc2c1. The van der Waals surface area contributed by atoms with Crippen LogP contribution in [0.15, 0.2) is 52.9 Å². The van der Waals surface area contributed by atoms with Crippen molar-refractivity contribution < 1.29 is 9.21 Å². The van der Waals surface area contributed by atoms with Gasteiger partial charge in [-0.25, -0.2) is 4.98 Å². The number of halogens is 1. The van der Waals surface area contributed by atoms with Crippen molar-refractivity contribution in [2.75, 3.05) is 5.32 Å². The van der Waals surface area contributed by atoms with Gasteiger partial charge in [-0.15, -0.1) is 0 Å². The standard InChI is InChI=1S/C21H16ClN3O2S2/c1-11-9-12(2)18-17(10-11)29-21(23-18)25-20(28)24-19(26)16-8-7-15(27-16)13-3-5-14(22)6-4-13/h3-10H,1-2H3,(H2,23,24,25,26,28). The molecule has 2 N–H and O–H groups in total. The number of anilines is 1. The number of nitrogens with one attached hydrogen (secondary N) is 2. The van der Waals surface area contributed by atoms with Crippen LogP contribution in [0.25, 0.3) is 21.5 Å². The minimum Gasteiger partial charge on any atom is -0.451 e. The summed E-state index contributed by atoms with van der Waals surface area (Å²) in [6, 6.07) is 14.7. The van der Waals surface area contributed by atoms with Crippen LogP contribution >= 0.6 is 35.2 Å². The second kappa shape index (κ2) is 7.94. The molecule has 0 spiro atoms. The number of thiazole rings is 1. The molecule has 2 heterocycles. The van der Waals surface area contributed by atoms with Gasteiger partial charge in [-0.3, -0.25) is 10.1 Å².